The molecule has 0 bridgehead atoms. The molecule has 4 aliphatic rings. The van der Waals surface area contributed by atoms with Crippen molar-refractivity contribution in [1.29, 1.82) is 0 Å². The van der Waals surface area contributed by atoms with Crippen molar-refractivity contribution in [2.45, 2.75) is 36.8 Å². The summed E-state index contributed by atoms with van der Waals surface area (Å²) in [5.41, 5.74) is 0.752. The third kappa shape index (κ3) is 5.55. The van der Waals surface area contributed by atoms with Crippen LogP contribution in [0.25, 0.3) is 0 Å². The van der Waals surface area contributed by atoms with E-state index in [4.69, 9.17) is 0 Å². The van der Waals surface area contributed by atoms with E-state index in [1.54, 1.807) is 96.7 Å². The van der Waals surface area contributed by atoms with Crippen molar-refractivity contribution in [2.24, 2.45) is 11.8 Å². The maximum absolute atomic E-state index is 15.0. The van der Waals surface area contributed by atoms with Crippen molar-refractivity contribution in [3.8, 4) is 0 Å². The molecule has 9 rings (SSSR count). The van der Waals surface area contributed by atoms with Gasteiger partial charge in [-0.3, -0.25) is 49.2 Å². The van der Waals surface area contributed by atoms with Gasteiger partial charge in [0.05, 0.1) is 21.7 Å². The van der Waals surface area contributed by atoms with Crippen LogP contribution in [0, 0.1) is 32.1 Å². The summed E-state index contributed by atoms with van der Waals surface area (Å²) in [5.74, 6) is -4.25. The third-order valence-corrected chi connectivity index (χ3v) is 13.9. The molecule has 4 aliphatic heterocycles. The average molecular weight is 833 g/mol. The van der Waals surface area contributed by atoms with Crippen LogP contribution in [-0.4, -0.2) is 83.3 Å². The number of carbonyl (C=O) groups is 4. The molecule has 5 aromatic carbocycles. The molecule has 6 unspecified atom stereocenters. The van der Waals surface area contributed by atoms with Crippen LogP contribution < -0.4 is 9.80 Å². The van der Waals surface area contributed by atoms with Gasteiger partial charge in [-0.1, -0.05) is 84.9 Å². The summed E-state index contributed by atoms with van der Waals surface area (Å²) in [6, 6.07) is 34.0. The number of nitrogens with zero attached hydrogens (tertiary/aromatic N) is 6. The summed E-state index contributed by atoms with van der Waals surface area (Å²) in [5, 5.41) is 24.3. The Labute approximate surface area is 357 Å². The molecule has 2 spiro atoms. The fourth-order valence-corrected chi connectivity index (χ4v) is 11.2. The SMILES string of the molecule is CCN1C(=O)C2(c3cc([N+](=O)[O-])ccc31)C(C(=O)c1ccccc1)C(c1ccc(C3CN(C)C4(C(=O)N(CC)c5ccc([N+](=O)[O-])cc54)C3C(=O)c3ccccc3)cc1)CN2C. The number of anilines is 2. The molecule has 14 nitrogen and oxygen atoms in total. The lowest BCUT2D eigenvalue weighted by molar-refractivity contribution is -0.385. The van der Waals surface area contributed by atoms with Crippen molar-refractivity contribution in [3.05, 3.63) is 175 Å². The van der Waals surface area contributed by atoms with Gasteiger partial charge in [0, 0.05) is 95.9 Å². The van der Waals surface area contributed by atoms with Crippen molar-refractivity contribution >= 4 is 46.1 Å². The fourth-order valence-electron chi connectivity index (χ4n) is 11.2. The van der Waals surface area contributed by atoms with Gasteiger partial charge in [0.15, 0.2) is 11.6 Å². The third-order valence-electron chi connectivity index (χ3n) is 13.9. The highest BCUT2D eigenvalue weighted by Gasteiger charge is 2.68. The summed E-state index contributed by atoms with van der Waals surface area (Å²) in [6.45, 7) is 4.80. The zero-order valence-corrected chi connectivity index (χ0v) is 34.6. The molecule has 0 aliphatic carbocycles. The molecule has 314 valence electrons. The molecular formula is C48H44N6O8. The lowest BCUT2D eigenvalue weighted by Gasteiger charge is -2.36. The molecule has 0 radical (unpaired) electrons. The second-order valence-corrected chi connectivity index (χ2v) is 16.6. The molecule has 14 heteroatoms. The average Bonchev–Trinajstić information content (AvgIpc) is 3.94. The minimum Gasteiger partial charge on any atom is -0.310 e. The quantitative estimate of drug-likeness (QED) is 0.0806. The Kier molecular flexibility index (Phi) is 9.75. The van der Waals surface area contributed by atoms with Crippen molar-refractivity contribution in [1.82, 2.24) is 9.80 Å². The molecule has 6 atom stereocenters. The number of benzene rings is 5. The molecule has 62 heavy (non-hydrogen) atoms. The number of fused-ring (bicyclic) bond motifs is 4. The van der Waals surface area contributed by atoms with Gasteiger partial charge in [-0.15, -0.1) is 0 Å². The summed E-state index contributed by atoms with van der Waals surface area (Å²) >= 11 is 0. The Morgan fingerprint density at radius 1 is 0.581 bits per heavy atom. The van der Waals surface area contributed by atoms with E-state index in [0.717, 1.165) is 11.1 Å². The summed E-state index contributed by atoms with van der Waals surface area (Å²) in [6.07, 6.45) is 0. The van der Waals surface area contributed by atoms with E-state index in [2.05, 4.69) is 0 Å². The minimum atomic E-state index is -1.55. The predicted octanol–water partition coefficient (Wildman–Crippen LogP) is 7.08. The largest absolute Gasteiger partial charge is 0.310 e. The van der Waals surface area contributed by atoms with Gasteiger partial charge in [0.2, 0.25) is 0 Å². The topological polar surface area (TPSA) is 168 Å². The number of amides is 2. The summed E-state index contributed by atoms with van der Waals surface area (Å²) in [4.78, 5) is 90.0. The summed E-state index contributed by atoms with van der Waals surface area (Å²) < 4.78 is 0. The molecular weight excluding hydrogens is 789 g/mol. The molecule has 0 saturated carbocycles. The number of Topliss-reactive ketones (excluding diaryl/α,β-unsaturated/α-hetero) is 2. The van der Waals surface area contributed by atoms with Gasteiger partial charge in [-0.25, -0.2) is 0 Å². The highest BCUT2D eigenvalue weighted by molar-refractivity contribution is 6.15. The second kappa shape index (κ2) is 14.9. The van der Waals surface area contributed by atoms with Crippen LogP contribution in [0.2, 0.25) is 0 Å². The van der Waals surface area contributed by atoms with Crippen LogP contribution in [0.1, 0.15) is 68.7 Å². The number of likely N-dealkylation sites (N-methyl/N-ethyl adjacent to an activating group) is 4. The Bertz CT molecular complexity index is 2510. The summed E-state index contributed by atoms with van der Waals surface area (Å²) in [7, 11) is 3.57. The first kappa shape index (κ1) is 40.5. The first-order valence-corrected chi connectivity index (χ1v) is 20.7. The number of rotatable bonds is 10. The predicted molar refractivity (Wildman–Crippen MR) is 231 cm³/mol. The molecule has 2 amide bonds. The maximum atomic E-state index is 15.0. The van der Waals surface area contributed by atoms with Crippen molar-refractivity contribution in [3.63, 3.8) is 0 Å². The van der Waals surface area contributed by atoms with E-state index in [1.165, 1.54) is 24.3 Å². The Balaban J connectivity index is 1.18. The molecule has 2 saturated heterocycles. The lowest BCUT2D eigenvalue weighted by Crippen LogP contribution is -2.53. The number of carbonyl (C=O) groups excluding carboxylic acids is 4. The number of non-ortho nitro benzene ring substituents is 2. The van der Waals surface area contributed by atoms with Gasteiger partial charge in [0.25, 0.3) is 23.2 Å². The Morgan fingerprint density at radius 3 is 1.26 bits per heavy atom. The minimum absolute atomic E-state index is 0.181. The van der Waals surface area contributed by atoms with E-state index in [1.807, 2.05) is 47.9 Å². The number of nitro benzene ring substituents is 2. The smallest absolute Gasteiger partial charge is 0.269 e. The van der Waals surface area contributed by atoms with Gasteiger partial charge in [0.1, 0.15) is 11.1 Å². The van der Waals surface area contributed by atoms with E-state index in [0.29, 0.717) is 46.7 Å². The molecule has 2 fully saturated rings. The van der Waals surface area contributed by atoms with Gasteiger partial charge in [-0.05, 0) is 51.2 Å². The second-order valence-electron chi connectivity index (χ2n) is 16.6. The van der Waals surface area contributed by atoms with E-state index >= 15 is 9.59 Å². The highest BCUT2D eigenvalue weighted by atomic mass is 16.6. The number of likely N-dealkylation sites (tertiary alicyclic amines) is 2. The Hall–Kier alpha value is -6.90. The number of nitro groups is 2. The van der Waals surface area contributed by atoms with Gasteiger partial charge in [-0.2, -0.15) is 0 Å². The normalized spacial score (nSPS) is 25.5. The molecule has 5 aromatic rings. The van der Waals surface area contributed by atoms with E-state index < -0.39 is 44.6 Å². The Morgan fingerprint density at radius 2 is 0.935 bits per heavy atom. The van der Waals surface area contributed by atoms with Crippen LogP contribution >= 0.6 is 0 Å². The number of hydrogen-bond acceptors (Lipinski definition) is 10. The first-order chi connectivity index (χ1) is 29.8. The van der Waals surface area contributed by atoms with Crippen LogP contribution in [0.3, 0.4) is 0 Å². The maximum Gasteiger partial charge on any atom is 0.269 e. The van der Waals surface area contributed by atoms with E-state index in [-0.39, 0.29) is 47.8 Å². The zero-order chi connectivity index (χ0) is 43.8. The number of hydrogen-bond donors (Lipinski definition) is 0. The highest BCUT2D eigenvalue weighted by Crippen LogP contribution is 2.60. The lowest BCUT2D eigenvalue weighted by atomic mass is 9.69. The monoisotopic (exact) mass is 832 g/mol. The van der Waals surface area contributed by atoms with Crippen molar-refractivity contribution in [2.75, 3.05) is 50.1 Å². The van der Waals surface area contributed by atoms with Crippen molar-refractivity contribution < 1.29 is 29.0 Å². The number of ketones is 2. The standard InChI is InChI=1S/C48H44N6O8/c1-5-51-39-23-21-33(53(59)60)25-37(39)47(45(51)57)41(43(55)31-13-9-7-10-14-31)35(27-49(47)3)29-17-19-30(20-18-29)36-28-50(4)48(42(36)44(56)32-15-11-8-12-16-32)38-26-34(54(61)62)22-24-40(38)52(6-2)46(48)58/h7-26,35-36,41-42H,5-6,27-28H2,1-4H3. The molecule has 0 N–H and O–H groups in total. The molecule has 4 heterocycles. The van der Waals surface area contributed by atoms with Crippen LogP contribution in [0.4, 0.5) is 22.7 Å². The van der Waals surface area contributed by atoms with Gasteiger partial charge >= 0.3 is 0 Å². The van der Waals surface area contributed by atoms with Crippen LogP contribution in [0.15, 0.2) is 121 Å². The zero-order valence-electron chi connectivity index (χ0n) is 34.6. The fraction of sp³-hybridized carbons (Fsp3) is 0.292. The van der Waals surface area contributed by atoms with Gasteiger partial charge < -0.3 is 9.80 Å². The first-order valence-electron chi connectivity index (χ1n) is 20.7. The van der Waals surface area contributed by atoms with Crippen LogP contribution in [0.5, 0.6) is 0 Å². The molecule has 0 aromatic heterocycles. The van der Waals surface area contributed by atoms with Crippen LogP contribution in [-0.2, 0) is 20.7 Å². The van der Waals surface area contributed by atoms with E-state index in [9.17, 15) is 29.8 Å².